The highest BCUT2D eigenvalue weighted by Crippen LogP contribution is 2.53. The second-order valence-electron chi connectivity index (χ2n) is 16.1. The summed E-state index contributed by atoms with van der Waals surface area (Å²) in [6.07, 6.45) is 0. The van der Waals surface area contributed by atoms with Gasteiger partial charge in [0, 0.05) is 27.9 Å². The Morgan fingerprint density at radius 3 is 1.38 bits per heavy atom. The topological polar surface area (TPSA) is 3.24 Å². The van der Waals surface area contributed by atoms with Crippen molar-refractivity contribution in [2.75, 3.05) is 4.90 Å². The summed E-state index contributed by atoms with van der Waals surface area (Å²) in [6.45, 7) is 9.43. The molecule has 0 aliphatic heterocycles. The molecule has 10 rings (SSSR count). The molecule has 8 aromatic carbocycles. The van der Waals surface area contributed by atoms with E-state index in [4.69, 9.17) is 0 Å². The molecule has 0 heterocycles. The van der Waals surface area contributed by atoms with Gasteiger partial charge in [-0.2, -0.15) is 0 Å². The number of benzene rings is 8. The Balaban J connectivity index is 1.000. The summed E-state index contributed by atoms with van der Waals surface area (Å²) in [5, 5.41) is 0. The Morgan fingerprint density at radius 1 is 0.291 bits per heavy atom. The van der Waals surface area contributed by atoms with Gasteiger partial charge in [-0.15, -0.1) is 0 Å². The molecular weight excluding hydrogens is 663 g/mol. The van der Waals surface area contributed by atoms with E-state index in [-0.39, 0.29) is 10.8 Å². The maximum atomic E-state index is 2.40. The molecule has 2 aliphatic rings. The van der Waals surface area contributed by atoms with Crippen LogP contribution in [0.15, 0.2) is 188 Å². The second kappa shape index (κ2) is 12.6. The zero-order chi connectivity index (χ0) is 37.3. The van der Waals surface area contributed by atoms with Gasteiger partial charge >= 0.3 is 0 Å². The first-order valence-electron chi connectivity index (χ1n) is 19.4. The summed E-state index contributed by atoms with van der Waals surface area (Å²) in [6, 6.07) is 69.3. The van der Waals surface area contributed by atoms with Gasteiger partial charge in [-0.05, 0) is 120 Å². The molecule has 0 spiro atoms. The summed E-state index contributed by atoms with van der Waals surface area (Å²) in [4.78, 5) is 2.35. The predicted molar refractivity (Wildman–Crippen MR) is 233 cm³/mol. The fourth-order valence-electron chi connectivity index (χ4n) is 9.54. The zero-order valence-corrected chi connectivity index (χ0v) is 31.8. The number of fused-ring (bicyclic) bond motifs is 6. The number of anilines is 3. The normalized spacial score (nSPS) is 14.1. The van der Waals surface area contributed by atoms with Crippen LogP contribution in [0.2, 0.25) is 0 Å². The van der Waals surface area contributed by atoms with Crippen LogP contribution in [0.25, 0.3) is 55.6 Å². The van der Waals surface area contributed by atoms with Crippen LogP contribution in [0.1, 0.15) is 49.9 Å². The first-order chi connectivity index (χ1) is 26.8. The Kier molecular flexibility index (Phi) is 7.58. The minimum atomic E-state index is -0.0891. The summed E-state index contributed by atoms with van der Waals surface area (Å²) in [5.41, 5.74) is 21.8. The van der Waals surface area contributed by atoms with Crippen molar-refractivity contribution in [2.24, 2.45) is 0 Å². The Bertz CT molecular complexity index is 2730. The molecule has 0 bridgehead atoms. The molecule has 55 heavy (non-hydrogen) atoms. The molecule has 264 valence electrons. The number of nitrogens with zero attached hydrogens (tertiary/aromatic N) is 1. The zero-order valence-electron chi connectivity index (χ0n) is 31.8. The number of para-hydroxylation sites is 1. The van der Waals surface area contributed by atoms with Crippen LogP contribution in [-0.2, 0) is 10.8 Å². The van der Waals surface area contributed by atoms with Gasteiger partial charge in [0.2, 0.25) is 0 Å². The molecule has 0 amide bonds. The van der Waals surface area contributed by atoms with E-state index in [1.165, 1.54) is 77.9 Å². The molecule has 0 saturated heterocycles. The third kappa shape index (κ3) is 5.22. The quantitative estimate of drug-likeness (QED) is 0.166. The van der Waals surface area contributed by atoms with E-state index in [9.17, 15) is 0 Å². The van der Waals surface area contributed by atoms with Crippen LogP contribution in [-0.4, -0.2) is 0 Å². The van der Waals surface area contributed by atoms with Gasteiger partial charge in [0.05, 0.1) is 0 Å². The average molecular weight is 706 g/mol. The lowest BCUT2D eigenvalue weighted by Gasteiger charge is -2.26. The van der Waals surface area contributed by atoms with Gasteiger partial charge in [0.1, 0.15) is 0 Å². The van der Waals surface area contributed by atoms with Crippen LogP contribution in [0.5, 0.6) is 0 Å². The Morgan fingerprint density at radius 2 is 0.727 bits per heavy atom. The Hall–Kier alpha value is -6.44. The number of rotatable bonds is 6. The van der Waals surface area contributed by atoms with Crippen molar-refractivity contribution in [2.45, 2.75) is 38.5 Å². The maximum absolute atomic E-state index is 2.40. The van der Waals surface area contributed by atoms with Crippen molar-refractivity contribution in [3.8, 4) is 55.6 Å². The molecular formula is C54H43N. The minimum absolute atomic E-state index is 0.0256. The van der Waals surface area contributed by atoms with Gasteiger partial charge < -0.3 is 4.90 Å². The monoisotopic (exact) mass is 705 g/mol. The fourth-order valence-corrected chi connectivity index (χ4v) is 9.54. The summed E-state index contributed by atoms with van der Waals surface area (Å²) in [7, 11) is 0. The lowest BCUT2D eigenvalue weighted by molar-refractivity contribution is 0.660. The van der Waals surface area contributed by atoms with Crippen LogP contribution in [0.3, 0.4) is 0 Å². The van der Waals surface area contributed by atoms with Gasteiger partial charge in [-0.25, -0.2) is 0 Å². The van der Waals surface area contributed by atoms with E-state index in [1.807, 2.05) is 0 Å². The standard InChI is InChI=1S/C54H43N/c1-53(2)49-23-12-10-19-44(49)46-34-29-38(35-51(46)53)36-25-30-40(31-26-36)55(39-15-6-5-7-16-39)41-32-27-37(28-33-41)42-17-8-9-18-43(42)47-21-14-22-48-45-20-11-13-24-50(45)54(3,4)52(47)48/h5-35H,1-4H3. The lowest BCUT2D eigenvalue weighted by Crippen LogP contribution is -2.16. The SMILES string of the molecule is CC1(C)c2ccccc2-c2ccc(-c3ccc(N(c4ccccc4)c4ccc(-c5ccccc5-c5cccc6c5C(C)(C)c5ccccc5-6)cc4)cc3)cc21. The fraction of sp³-hybridized carbons (Fsp3) is 0.111. The first-order valence-corrected chi connectivity index (χ1v) is 19.4. The number of hydrogen-bond acceptors (Lipinski definition) is 1. The van der Waals surface area contributed by atoms with Crippen LogP contribution >= 0.6 is 0 Å². The molecule has 0 fully saturated rings. The highest BCUT2D eigenvalue weighted by molar-refractivity contribution is 5.93. The summed E-state index contributed by atoms with van der Waals surface area (Å²) >= 11 is 0. The molecule has 0 radical (unpaired) electrons. The van der Waals surface area contributed by atoms with Crippen molar-refractivity contribution in [1.82, 2.24) is 0 Å². The highest BCUT2D eigenvalue weighted by Gasteiger charge is 2.38. The number of hydrogen-bond donors (Lipinski definition) is 0. The van der Waals surface area contributed by atoms with Crippen molar-refractivity contribution in [1.29, 1.82) is 0 Å². The molecule has 0 atom stereocenters. The smallest absolute Gasteiger partial charge is 0.0462 e. The Labute approximate surface area is 325 Å². The van der Waals surface area contributed by atoms with E-state index < -0.39 is 0 Å². The third-order valence-corrected chi connectivity index (χ3v) is 12.3. The highest BCUT2D eigenvalue weighted by atomic mass is 15.1. The second-order valence-corrected chi connectivity index (χ2v) is 16.1. The molecule has 0 N–H and O–H groups in total. The van der Waals surface area contributed by atoms with Crippen LogP contribution < -0.4 is 4.90 Å². The molecule has 1 nitrogen and oxygen atoms in total. The summed E-state index contributed by atoms with van der Waals surface area (Å²) < 4.78 is 0. The van der Waals surface area contributed by atoms with E-state index in [1.54, 1.807) is 0 Å². The predicted octanol–water partition coefficient (Wildman–Crippen LogP) is 14.8. The van der Waals surface area contributed by atoms with Crippen LogP contribution in [0.4, 0.5) is 17.1 Å². The lowest BCUT2D eigenvalue weighted by atomic mass is 9.78. The van der Waals surface area contributed by atoms with E-state index in [0.29, 0.717) is 0 Å². The van der Waals surface area contributed by atoms with Gasteiger partial charge in [0.25, 0.3) is 0 Å². The van der Waals surface area contributed by atoms with Crippen molar-refractivity contribution < 1.29 is 0 Å². The van der Waals surface area contributed by atoms with Crippen molar-refractivity contribution in [3.05, 3.63) is 210 Å². The van der Waals surface area contributed by atoms with E-state index in [0.717, 1.165) is 17.1 Å². The van der Waals surface area contributed by atoms with Crippen molar-refractivity contribution in [3.63, 3.8) is 0 Å². The third-order valence-electron chi connectivity index (χ3n) is 12.3. The van der Waals surface area contributed by atoms with E-state index >= 15 is 0 Å². The largest absolute Gasteiger partial charge is 0.311 e. The minimum Gasteiger partial charge on any atom is -0.311 e. The molecule has 1 heteroatoms. The molecule has 0 unspecified atom stereocenters. The van der Waals surface area contributed by atoms with Gasteiger partial charge in [0.15, 0.2) is 0 Å². The first kappa shape index (κ1) is 33.2. The van der Waals surface area contributed by atoms with E-state index in [2.05, 4.69) is 221 Å². The molecule has 0 aromatic heterocycles. The van der Waals surface area contributed by atoms with Crippen molar-refractivity contribution >= 4 is 17.1 Å². The summed E-state index contributed by atoms with van der Waals surface area (Å²) in [5.74, 6) is 0. The molecule has 8 aromatic rings. The molecule has 2 aliphatic carbocycles. The average Bonchev–Trinajstić information content (AvgIpc) is 3.61. The van der Waals surface area contributed by atoms with Crippen LogP contribution in [0, 0.1) is 0 Å². The molecule has 0 saturated carbocycles. The maximum Gasteiger partial charge on any atom is 0.0462 e. The van der Waals surface area contributed by atoms with Gasteiger partial charge in [-0.3, -0.25) is 0 Å². The van der Waals surface area contributed by atoms with Gasteiger partial charge in [-0.1, -0.05) is 173 Å².